The Labute approximate surface area is 97.7 Å². The fourth-order valence-corrected chi connectivity index (χ4v) is 1.44. The second-order valence-electron chi connectivity index (χ2n) is 3.86. The van der Waals surface area contributed by atoms with Crippen LogP contribution in [0, 0.1) is 0 Å². The van der Waals surface area contributed by atoms with E-state index in [2.05, 4.69) is 4.98 Å². The summed E-state index contributed by atoms with van der Waals surface area (Å²) in [4.78, 5) is 27.7. The van der Waals surface area contributed by atoms with E-state index < -0.39 is 11.5 Å². The molecule has 0 saturated heterocycles. The van der Waals surface area contributed by atoms with Gasteiger partial charge in [-0.3, -0.25) is 9.20 Å². The van der Waals surface area contributed by atoms with Crippen LogP contribution in [0.15, 0.2) is 35.4 Å². The predicted octanol–water partition coefficient (Wildman–Crippen LogP) is 1.26. The molecule has 2 aromatic heterocycles. The molecule has 0 spiro atoms. The molecule has 2 rings (SSSR count). The molecule has 0 N–H and O–H groups in total. The highest BCUT2D eigenvalue weighted by Gasteiger charge is 2.15. The molecular weight excluding hydrogens is 220 g/mol. The lowest BCUT2D eigenvalue weighted by Crippen LogP contribution is -2.25. The number of nitrogens with zero attached hydrogens (tertiary/aromatic N) is 2. The molecule has 0 unspecified atom stereocenters. The van der Waals surface area contributed by atoms with Gasteiger partial charge in [0, 0.05) is 12.4 Å². The first kappa shape index (κ1) is 11.3. The zero-order valence-corrected chi connectivity index (χ0v) is 9.58. The second kappa shape index (κ2) is 4.37. The number of carbonyl (C=O) groups is 1. The quantitative estimate of drug-likeness (QED) is 0.731. The number of ether oxygens (including phenoxy) is 1. The maximum absolute atomic E-state index is 12.0. The average Bonchev–Trinajstić information content (AvgIpc) is 2.28. The Balaban J connectivity index is 2.53. The summed E-state index contributed by atoms with van der Waals surface area (Å²) in [6.07, 6.45) is 2.55. The molecule has 0 atom stereocenters. The summed E-state index contributed by atoms with van der Waals surface area (Å²) < 4.78 is 6.29. The molecule has 17 heavy (non-hydrogen) atoms. The fourth-order valence-electron chi connectivity index (χ4n) is 1.44. The minimum atomic E-state index is -0.643. The maximum atomic E-state index is 12.0. The molecular formula is C12H12N2O3. The molecule has 2 heterocycles. The van der Waals surface area contributed by atoms with E-state index in [1.165, 1.54) is 10.6 Å². The van der Waals surface area contributed by atoms with Gasteiger partial charge in [-0.1, -0.05) is 6.07 Å². The number of pyridine rings is 1. The van der Waals surface area contributed by atoms with Gasteiger partial charge in [0.05, 0.1) is 6.10 Å². The van der Waals surface area contributed by atoms with Crippen LogP contribution in [0.5, 0.6) is 0 Å². The molecule has 2 aromatic rings. The highest BCUT2D eigenvalue weighted by molar-refractivity contribution is 5.88. The second-order valence-corrected chi connectivity index (χ2v) is 3.86. The minimum Gasteiger partial charge on any atom is -0.459 e. The number of esters is 1. The Morgan fingerprint density at radius 1 is 1.41 bits per heavy atom. The zero-order valence-electron chi connectivity index (χ0n) is 9.58. The van der Waals surface area contributed by atoms with Crippen LogP contribution in [0.3, 0.4) is 0 Å². The van der Waals surface area contributed by atoms with Gasteiger partial charge < -0.3 is 4.74 Å². The maximum Gasteiger partial charge on any atom is 0.345 e. The van der Waals surface area contributed by atoms with Crippen molar-refractivity contribution in [2.45, 2.75) is 20.0 Å². The number of aromatic nitrogens is 2. The molecule has 0 amide bonds. The molecule has 0 radical (unpaired) electrons. The van der Waals surface area contributed by atoms with Crippen molar-refractivity contribution in [3.63, 3.8) is 0 Å². The smallest absolute Gasteiger partial charge is 0.345 e. The van der Waals surface area contributed by atoms with Gasteiger partial charge in [-0.05, 0) is 26.0 Å². The SMILES string of the molecule is CC(C)OC(=O)c1cnc2ccccn2c1=O. The standard InChI is InChI=1S/C12H12N2O3/c1-8(2)17-12(16)9-7-13-10-5-3-4-6-14(10)11(9)15/h3-8H,1-2H3. The molecule has 88 valence electrons. The first-order chi connectivity index (χ1) is 8.09. The number of rotatable bonds is 2. The lowest BCUT2D eigenvalue weighted by molar-refractivity contribution is 0.0375. The van der Waals surface area contributed by atoms with Gasteiger partial charge >= 0.3 is 5.97 Å². The normalized spacial score (nSPS) is 10.8. The van der Waals surface area contributed by atoms with Crippen LogP contribution in [0.2, 0.25) is 0 Å². The number of carbonyl (C=O) groups excluding carboxylic acids is 1. The molecule has 0 aliphatic carbocycles. The zero-order chi connectivity index (χ0) is 12.4. The van der Waals surface area contributed by atoms with Crippen LogP contribution >= 0.6 is 0 Å². The van der Waals surface area contributed by atoms with Crippen molar-refractivity contribution >= 4 is 11.6 Å². The van der Waals surface area contributed by atoms with Gasteiger partial charge in [-0.15, -0.1) is 0 Å². The van der Waals surface area contributed by atoms with Gasteiger partial charge in [0.25, 0.3) is 5.56 Å². The van der Waals surface area contributed by atoms with Gasteiger partial charge in [0.15, 0.2) is 0 Å². The third-order valence-corrected chi connectivity index (χ3v) is 2.18. The van der Waals surface area contributed by atoms with E-state index in [4.69, 9.17) is 4.74 Å². The van der Waals surface area contributed by atoms with Crippen molar-refractivity contribution in [2.24, 2.45) is 0 Å². The van der Waals surface area contributed by atoms with E-state index in [-0.39, 0.29) is 11.7 Å². The minimum absolute atomic E-state index is 0.0533. The van der Waals surface area contributed by atoms with E-state index in [1.54, 1.807) is 38.2 Å². The number of fused-ring (bicyclic) bond motifs is 1. The molecule has 0 bridgehead atoms. The topological polar surface area (TPSA) is 60.7 Å². The van der Waals surface area contributed by atoms with Crippen molar-refractivity contribution in [1.29, 1.82) is 0 Å². The van der Waals surface area contributed by atoms with Gasteiger partial charge in [0.2, 0.25) is 0 Å². The van der Waals surface area contributed by atoms with E-state index in [1.807, 2.05) is 0 Å². The molecule has 0 saturated carbocycles. The average molecular weight is 232 g/mol. The summed E-state index contributed by atoms with van der Waals surface area (Å²) in [7, 11) is 0. The monoisotopic (exact) mass is 232 g/mol. The Morgan fingerprint density at radius 2 is 2.18 bits per heavy atom. The van der Waals surface area contributed by atoms with E-state index in [0.29, 0.717) is 5.65 Å². The lowest BCUT2D eigenvalue weighted by atomic mass is 10.3. The highest BCUT2D eigenvalue weighted by atomic mass is 16.5. The fraction of sp³-hybridized carbons (Fsp3) is 0.250. The van der Waals surface area contributed by atoms with Crippen molar-refractivity contribution in [3.8, 4) is 0 Å². The Bertz CT molecular complexity index is 616. The van der Waals surface area contributed by atoms with Crippen LogP contribution in [0.1, 0.15) is 24.2 Å². The molecule has 0 aliphatic rings. The van der Waals surface area contributed by atoms with Crippen molar-refractivity contribution < 1.29 is 9.53 Å². The summed E-state index contributed by atoms with van der Waals surface area (Å²) in [5, 5.41) is 0. The first-order valence-corrected chi connectivity index (χ1v) is 5.27. The first-order valence-electron chi connectivity index (χ1n) is 5.27. The highest BCUT2D eigenvalue weighted by Crippen LogP contribution is 2.01. The molecule has 5 heteroatoms. The third-order valence-electron chi connectivity index (χ3n) is 2.18. The molecule has 0 fully saturated rings. The summed E-state index contributed by atoms with van der Waals surface area (Å²) in [6.45, 7) is 3.45. The summed E-state index contributed by atoms with van der Waals surface area (Å²) in [6, 6.07) is 5.17. The Hall–Kier alpha value is -2.17. The number of hydrogen-bond donors (Lipinski definition) is 0. The predicted molar refractivity (Wildman–Crippen MR) is 62.0 cm³/mol. The van der Waals surface area contributed by atoms with Crippen LogP contribution < -0.4 is 5.56 Å². The van der Waals surface area contributed by atoms with E-state index >= 15 is 0 Å². The van der Waals surface area contributed by atoms with E-state index in [0.717, 1.165) is 0 Å². The van der Waals surface area contributed by atoms with Gasteiger partial charge in [-0.2, -0.15) is 0 Å². The summed E-state index contributed by atoms with van der Waals surface area (Å²) in [5.41, 5.74) is 0.0299. The molecule has 0 aromatic carbocycles. The summed E-state index contributed by atoms with van der Waals surface area (Å²) >= 11 is 0. The molecule has 5 nitrogen and oxygen atoms in total. The van der Waals surface area contributed by atoms with E-state index in [9.17, 15) is 9.59 Å². The molecule has 0 aliphatic heterocycles. The van der Waals surface area contributed by atoms with Crippen molar-refractivity contribution in [2.75, 3.05) is 0 Å². The van der Waals surface area contributed by atoms with Gasteiger partial charge in [-0.25, -0.2) is 9.78 Å². The Kier molecular flexibility index (Phi) is 2.91. The van der Waals surface area contributed by atoms with Gasteiger partial charge in [0.1, 0.15) is 11.2 Å². The van der Waals surface area contributed by atoms with Crippen LogP contribution in [-0.4, -0.2) is 21.5 Å². The Morgan fingerprint density at radius 3 is 2.88 bits per heavy atom. The van der Waals surface area contributed by atoms with Crippen LogP contribution in [0.25, 0.3) is 5.65 Å². The lowest BCUT2D eigenvalue weighted by Gasteiger charge is -2.07. The number of hydrogen-bond acceptors (Lipinski definition) is 4. The van der Waals surface area contributed by atoms with Crippen molar-refractivity contribution in [1.82, 2.24) is 9.38 Å². The third kappa shape index (κ3) is 2.18. The van der Waals surface area contributed by atoms with Crippen molar-refractivity contribution in [3.05, 3.63) is 46.5 Å². The largest absolute Gasteiger partial charge is 0.459 e. The summed E-state index contributed by atoms with van der Waals surface area (Å²) in [5.74, 6) is -0.643. The van der Waals surface area contributed by atoms with Crippen LogP contribution in [-0.2, 0) is 4.74 Å². The van der Waals surface area contributed by atoms with Crippen LogP contribution in [0.4, 0.5) is 0 Å².